The van der Waals surface area contributed by atoms with E-state index in [0.717, 1.165) is 22.5 Å². The molecule has 0 bridgehead atoms. The molecule has 0 aliphatic heterocycles. The van der Waals surface area contributed by atoms with Crippen LogP contribution in [0.3, 0.4) is 0 Å². The summed E-state index contributed by atoms with van der Waals surface area (Å²) in [5.74, 6) is 0. The van der Waals surface area contributed by atoms with Crippen molar-refractivity contribution in [2.24, 2.45) is 0 Å². The number of benzene rings is 7. The highest BCUT2D eigenvalue weighted by Gasteiger charge is 2.15. The van der Waals surface area contributed by atoms with Crippen molar-refractivity contribution in [3.8, 4) is 0 Å². The molecule has 0 radical (unpaired) electrons. The monoisotopic (exact) mass is 657 g/mol. The minimum absolute atomic E-state index is 1.11. The van der Waals surface area contributed by atoms with Crippen molar-refractivity contribution in [1.29, 1.82) is 0 Å². The average molecular weight is 658 g/mol. The Hall–Kier alpha value is -6.18. The molecule has 0 heterocycles. The molecule has 0 spiro atoms. The fourth-order valence-corrected chi connectivity index (χ4v) is 6.62. The zero-order chi connectivity index (χ0) is 35.2. The topological polar surface area (TPSA) is 3.24 Å². The maximum atomic E-state index is 2.37. The molecule has 0 aliphatic carbocycles. The fourth-order valence-electron chi connectivity index (χ4n) is 6.62. The van der Waals surface area contributed by atoms with Crippen molar-refractivity contribution >= 4 is 40.4 Å². The molecule has 0 N–H and O–H groups in total. The summed E-state index contributed by atoms with van der Waals surface area (Å²) in [6.07, 6.45) is 4.59. The number of aryl methyl sites for hydroxylation is 4. The van der Waals surface area contributed by atoms with Crippen molar-refractivity contribution in [3.63, 3.8) is 0 Å². The Bertz CT molecular complexity index is 2130. The summed E-state index contributed by atoms with van der Waals surface area (Å²) in [5, 5.41) is 0. The summed E-state index contributed by atoms with van der Waals surface area (Å²) in [6, 6.07) is 63.5. The molecule has 1 heteroatoms. The van der Waals surface area contributed by atoms with Crippen molar-refractivity contribution in [3.05, 3.63) is 232 Å². The number of rotatable bonds is 9. The van der Waals surface area contributed by atoms with Crippen LogP contribution in [-0.2, 0) is 0 Å². The van der Waals surface area contributed by atoms with Crippen LogP contribution in [0.5, 0.6) is 0 Å². The summed E-state index contributed by atoms with van der Waals surface area (Å²) < 4.78 is 0. The summed E-state index contributed by atoms with van der Waals surface area (Å²) in [7, 11) is 0. The van der Waals surface area contributed by atoms with Crippen molar-refractivity contribution < 1.29 is 0 Å². The number of hydrogen-bond donors (Lipinski definition) is 0. The lowest BCUT2D eigenvalue weighted by Crippen LogP contribution is -2.11. The van der Waals surface area contributed by atoms with Gasteiger partial charge < -0.3 is 4.90 Å². The zero-order valence-corrected chi connectivity index (χ0v) is 29.8. The summed E-state index contributed by atoms with van der Waals surface area (Å²) in [6.45, 7) is 8.62. The third-order valence-corrected chi connectivity index (χ3v) is 9.41. The number of anilines is 3. The van der Waals surface area contributed by atoms with Crippen LogP contribution in [0.4, 0.5) is 17.1 Å². The number of nitrogens with zero attached hydrogens (tertiary/aromatic N) is 1. The first kappa shape index (κ1) is 33.3. The van der Waals surface area contributed by atoms with Gasteiger partial charge in [-0.25, -0.2) is 0 Å². The van der Waals surface area contributed by atoms with E-state index in [2.05, 4.69) is 221 Å². The second-order valence-electron chi connectivity index (χ2n) is 13.4. The molecule has 0 fully saturated rings. The van der Waals surface area contributed by atoms with Gasteiger partial charge in [0.15, 0.2) is 0 Å². The largest absolute Gasteiger partial charge is 0.310 e. The van der Waals surface area contributed by atoms with Crippen LogP contribution in [0.25, 0.3) is 23.3 Å². The van der Waals surface area contributed by atoms with Crippen molar-refractivity contribution in [2.75, 3.05) is 4.90 Å². The lowest BCUT2D eigenvalue weighted by Gasteiger charge is -2.27. The molecule has 0 aliphatic rings. The van der Waals surface area contributed by atoms with Crippen molar-refractivity contribution in [1.82, 2.24) is 0 Å². The lowest BCUT2D eigenvalue weighted by atomic mass is 9.95. The van der Waals surface area contributed by atoms with E-state index in [0.29, 0.717) is 0 Å². The first-order valence-corrected chi connectivity index (χ1v) is 17.7. The van der Waals surface area contributed by atoms with Gasteiger partial charge in [-0.2, -0.15) is 0 Å². The molecule has 0 atom stereocenters. The number of hydrogen-bond acceptors (Lipinski definition) is 1. The Morgan fingerprint density at radius 2 is 0.745 bits per heavy atom. The molecular formula is C50H43N. The van der Waals surface area contributed by atoms with E-state index in [1.807, 2.05) is 0 Å². The minimum Gasteiger partial charge on any atom is -0.310 e. The van der Waals surface area contributed by atoms with E-state index in [4.69, 9.17) is 0 Å². The molecule has 51 heavy (non-hydrogen) atoms. The van der Waals surface area contributed by atoms with Gasteiger partial charge in [-0.05, 0) is 120 Å². The van der Waals surface area contributed by atoms with E-state index in [1.54, 1.807) is 0 Å². The Kier molecular flexibility index (Phi) is 9.90. The maximum Gasteiger partial charge on any atom is 0.0490 e. The van der Waals surface area contributed by atoms with Crippen LogP contribution in [0.1, 0.15) is 55.6 Å². The smallest absolute Gasteiger partial charge is 0.0490 e. The van der Waals surface area contributed by atoms with Gasteiger partial charge in [0.05, 0.1) is 0 Å². The van der Waals surface area contributed by atoms with Gasteiger partial charge in [0.2, 0.25) is 0 Å². The first-order chi connectivity index (χ1) is 24.9. The average Bonchev–Trinajstić information content (AvgIpc) is 3.16. The molecule has 0 amide bonds. The molecule has 248 valence electrons. The summed E-state index contributed by atoms with van der Waals surface area (Å²) in [5.41, 5.74) is 18.0. The predicted octanol–water partition coefficient (Wildman–Crippen LogP) is 13.6. The second-order valence-corrected chi connectivity index (χ2v) is 13.4. The molecule has 0 unspecified atom stereocenters. The third kappa shape index (κ3) is 7.85. The van der Waals surface area contributed by atoms with E-state index in [9.17, 15) is 0 Å². The molecular weight excluding hydrogens is 615 g/mol. The quantitative estimate of drug-likeness (QED) is 0.140. The van der Waals surface area contributed by atoms with Gasteiger partial charge in [-0.3, -0.25) is 0 Å². The molecule has 7 aromatic rings. The minimum atomic E-state index is 1.11. The van der Waals surface area contributed by atoms with Gasteiger partial charge in [0.1, 0.15) is 0 Å². The Morgan fingerprint density at radius 1 is 0.373 bits per heavy atom. The SMILES string of the molecule is Cc1ccc(/C(=C/c2ccc(N(c3ccc(/C=C(\c4ccccc4)c4ccc(C)cc4)cc3)c3ccc(C)cc3C)cc2)c2ccccc2)cc1. The Morgan fingerprint density at radius 3 is 1.14 bits per heavy atom. The fraction of sp³-hybridized carbons (Fsp3) is 0.0800. The predicted molar refractivity (Wildman–Crippen MR) is 220 cm³/mol. The van der Waals surface area contributed by atoms with Crippen LogP contribution in [-0.4, -0.2) is 0 Å². The van der Waals surface area contributed by atoms with Crippen LogP contribution in [0.2, 0.25) is 0 Å². The van der Waals surface area contributed by atoms with Crippen LogP contribution < -0.4 is 4.90 Å². The normalized spacial score (nSPS) is 11.8. The van der Waals surface area contributed by atoms with Gasteiger partial charge in [0, 0.05) is 17.1 Å². The van der Waals surface area contributed by atoms with Gasteiger partial charge in [0.25, 0.3) is 0 Å². The highest BCUT2D eigenvalue weighted by atomic mass is 15.1. The second kappa shape index (κ2) is 15.2. The van der Waals surface area contributed by atoms with E-state index < -0.39 is 0 Å². The molecule has 0 saturated carbocycles. The van der Waals surface area contributed by atoms with E-state index in [1.165, 1.54) is 61.3 Å². The summed E-state index contributed by atoms with van der Waals surface area (Å²) >= 11 is 0. The highest BCUT2D eigenvalue weighted by molar-refractivity contribution is 5.93. The molecule has 0 aromatic heterocycles. The van der Waals surface area contributed by atoms with E-state index in [-0.39, 0.29) is 0 Å². The standard InChI is InChI=1S/C50H43N/c1-36-15-24-44(25-16-36)48(42-11-7-5-8-12-42)34-40-20-28-46(29-21-40)51(50-32-19-38(3)33-39(50)4)47-30-22-41(23-31-47)35-49(43-13-9-6-10-14-43)45-26-17-37(2)18-27-45/h5-35H,1-4H3/b48-34+,49-35+. The van der Waals surface area contributed by atoms with Gasteiger partial charge >= 0.3 is 0 Å². The lowest BCUT2D eigenvalue weighted by molar-refractivity contribution is 1.24. The Labute approximate surface area is 303 Å². The van der Waals surface area contributed by atoms with E-state index >= 15 is 0 Å². The van der Waals surface area contributed by atoms with Gasteiger partial charge in [-0.15, -0.1) is 0 Å². The van der Waals surface area contributed by atoms with Crippen LogP contribution in [0, 0.1) is 27.7 Å². The molecule has 0 saturated heterocycles. The molecule has 1 nitrogen and oxygen atoms in total. The first-order valence-electron chi connectivity index (χ1n) is 17.7. The molecule has 7 rings (SSSR count). The maximum absolute atomic E-state index is 2.37. The zero-order valence-electron chi connectivity index (χ0n) is 29.8. The Balaban J connectivity index is 1.27. The van der Waals surface area contributed by atoms with Crippen molar-refractivity contribution in [2.45, 2.75) is 27.7 Å². The molecule has 7 aromatic carbocycles. The summed E-state index contributed by atoms with van der Waals surface area (Å²) in [4.78, 5) is 2.37. The van der Waals surface area contributed by atoms with Crippen LogP contribution in [0.15, 0.2) is 176 Å². The van der Waals surface area contributed by atoms with Gasteiger partial charge in [-0.1, -0.05) is 162 Å². The highest BCUT2D eigenvalue weighted by Crippen LogP contribution is 2.38. The third-order valence-electron chi connectivity index (χ3n) is 9.41. The van der Waals surface area contributed by atoms with Crippen LogP contribution >= 0.6 is 0 Å².